The molecule has 0 saturated carbocycles. The van der Waals surface area contributed by atoms with Gasteiger partial charge >= 0.3 is 0 Å². The Morgan fingerprint density at radius 3 is 3.12 bits per heavy atom. The molecule has 1 aliphatic heterocycles. The Morgan fingerprint density at radius 2 is 2.47 bits per heavy atom. The van der Waals surface area contributed by atoms with Crippen LogP contribution in [0.2, 0.25) is 0 Å². The molecule has 2 unspecified atom stereocenters. The van der Waals surface area contributed by atoms with Gasteiger partial charge in [-0.3, -0.25) is 9.69 Å². The SMILES string of the molecule is CCCC(C)NC(=O)CN1CCOC(C#N)C1. The van der Waals surface area contributed by atoms with Crippen molar-refractivity contribution in [3.8, 4) is 6.07 Å². The first-order valence-corrected chi connectivity index (χ1v) is 6.18. The van der Waals surface area contributed by atoms with Gasteiger partial charge in [0.25, 0.3) is 0 Å². The van der Waals surface area contributed by atoms with Gasteiger partial charge in [-0.05, 0) is 13.3 Å². The maximum atomic E-state index is 11.7. The molecule has 5 nitrogen and oxygen atoms in total. The highest BCUT2D eigenvalue weighted by Crippen LogP contribution is 2.04. The Balaban J connectivity index is 2.28. The highest BCUT2D eigenvalue weighted by atomic mass is 16.5. The van der Waals surface area contributed by atoms with E-state index in [1.165, 1.54) is 0 Å². The Kier molecular flexibility index (Phi) is 5.95. The molecule has 1 heterocycles. The molecular weight excluding hydrogens is 218 g/mol. The van der Waals surface area contributed by atoms with E-state index < -0.39 is 6.10 Å². The zero-order chi connectivity index (χ0) is 12.7. The lowest BCUT2D eigenvalue weighted by Gasteiger charge is -2.29. The summed E-state index contributed by atoms with van der Waals surface area (Å²) >= 11 is 0. The standard InChI is InChI=1S/C12H21N3O2/c1-3-4-10(2)14-12(16)9-15-5-6-17-11(7-13)8-15/h10-11H,3-6,8-9H2,1-2H3,(H,14,16). The number of ether oxygens (including phenoxy) is 1. The lowest BCUT2D eigenvalue weighted by molar-refractivity contribution is -0.124. The van der Waals surface area contributed by atoms with Gasteiger partial charge in [0.2, 0.25) is 5.91 Å². The summed E-state index contributed by atoms with van der Waals surface area (Å²) in [5, 5.41) is 11.7. The summed E-state index contributed by atoms with van der Waals surface area (Å²) in [5.74, 6) is 0.0320. The van der Waals surface area contributed by atoms with Gasteiger partial charge in [0.15, 0.2) is 6.10 Å². The fourth-order valence-corrected chi connectivity index (χ4v) is 1.95. The van der Waals surface area contributed by atoms with Crippen LogP contribution in [0.3, 0.4) is 0 Å². The third-order valence-electron chi connectivity index (χ3n) is 2.79. The number of hydrogen-bond acceptors (Lipinski definition) is 4. The molecule has 0 spiro atoms. The van der Waals surface area contributed by atoms with Crippen LogP contribution in [-0.4, -0.2) is 49.2 Å². The highest BCUT2D eigenvalue weighted by Gasteiger charge is 2.21. The van der Waals surface area contributed by atoms with Gasteiger partial charge in [-0.2, -0.15) is 5.26 Å². The van der Waals surface area contributed by atoms with Crippen LogP contribution in [0.5, 0.6) is 0 Å². The van der Waals surface area contributed by atoms with Gasteiger partial charge < -0.3 is 10.1 Å². The van der Waals surface area contributed by atoms with E-state index in [-0.39, 0.29) is 11.9 Å². The molecule has 0 bridgehead atoms. The molecule has 0 aromatic rings. The van der Waals surface area contributed by atoms with Crippen molar-refractivity contribution >= 4 is 5.91 Å². The molecule has 2 atom stereocenters. The second-order valence-electron chi connectivity index (χ2n) is 4.48. The van der Waals surface area contributed by atoms with Crippen LogP contribution in [-0.2, 0) is 9.53 Å². The average Bonchev–Trinajstić information content (AvgIpc) is 2.29. The second-order valence-corrected chi connectivity index (χ2v) is 4.48. The first-order chi connectivity index (χ1) is 8.15. The summed E-state index contributed by atoms with van der Waals surface area (Å²) in [6.07, 6.45) is 1.66. The number of carbonyl (C=O) groups is 1. The van der Waals surface area contributed by atoms with E-state index in [1.807, 2.05) is 11.8 Å². The molecule has 96 valence electrons. The zero-order valence-electron chi connectivity index (χ0n) is 10.6. The van der Waals surface area contributed by atoms with Gasteiger partial charge in [-0.1, -0.05) is 13.3 Å². The van der Waals surface area contributed by atoms with Crippen molar-refractivity contribution in [2.75, 3.05) is 26.2 Å². The Hall–Kier alpha value is -1.12. The van der Waals surface area contributed by atoms with E-state index in [1.54, 1.807) is 0 Å². The fourth-order valence-electron chi connectivity index (χ4n) is 1.95. The predicted octanol–water partition coefficient (Wildman–Crippen LogP) is 0.516. The van der Waals surface area contributed by atoms with Crippen molar-refractivity contribution < 1.29 is 9.53 Å². The molecule has 0 aromatic carbocycles. The molecule has 1 saturated heterocycles. The molecule has 5 heteroatoms. The fraction of sp³-hybridized carbons (Fsp3) is 0.833. The van der Waals surface area contributed by atoms with Crippen molar-refractivity contribution in [1.29, 1.82) is 5.26 Å². The second kappa shape index (κ2) is 7.25. The molecule has 1 rings (SSSR count). The molecule has 17 heavy (non-hydrogen) atoms. The summed E-state index contributed by atoms with van der Waals surface area (Å²) in [7, 11) is 0. The summed E-state index contributed by atoms with van der Waals surface area (Å²) in [6.45, 7) is 6.23. The first-order valence-electron chi connectivity index (χ1n) is 6.18. The number of nitrogens with one attached hydrogen (secondary N) is 1. The van der Waals surface area contributed by atoms with E-state index in [9.17, 15) is 4.79 Å². The topological polar surface area (TPSA) is 65.4 Å². The number of nitriles is 1. The molecule has 0 aromatic heterocycles. The predicted molar refractivity (Wildman–Crippen MR) is 64.3 cm³/mol. The number of nitrogens with zero attached hydrogens (tertiary/aromatic N) is 2. The van der Waals surface area contributed by atoms with Gasteiger partial charge in [0.1, 0.15) is 0 Å². The van der Waals surface area contributed by atoms with Crippen LogP contribution in [0, 0.1) is 11.3 Å². The summed E-state index contributed by atoms with van der Waals surface area (Å²) in [4.78, 5) is 13.7. The zero-order valence-corrected chi connectivity index (χ0v) is 10.6. The first kappa shape index (κ1) is 13.9. The van der Waals surface area contributed by atoms with Crippen LogP contribution < -0.4 is 5.32 Å². The minimum atomic E-state index is -0.399. The number of hydrogen-bond donors (Lipinski definition) is 1. The van der Waals surface area contributed by atoms with Crippen molar-refractivity contribution in [2.45, 2.75) is 38.8 Å². The summed E-state index contributed by atoms with van der Waals surface area (Å²) in [5.41, 5.74) is 0. The number of carbonyl (C=O) groups excluding carboxylic acids is 1. The Bertz CT molecular complexity index is 288. The summed E-state index contributed by atoms with van der Waals surface area (Å²) in [6, 6.07) is 2.30. The number of rotatable bonds is 5. The van der Waals surface area contributed by atoms with Crippen LogP contribution in [0.15, 0.2) is 0 Å². The van der Waals surface area contributed by atoms with E-state index in [0.717, 1.165) is 12.8 Å². The molecule has 1 aliphatic rings. The van der Waals surface area contributed by atoms with Gasteiger partial charge in [0, 0.05) is 19.1 Å². The molecule has 1 fully saturated rings. The lowest BCUT2D eigenvalue weighted by Crippen LogP contribution is -2.47. The van der Waals surface area contributed by atoms with Crippen LogP contribution in [0.1, 0.15) is 26.7 Å². The van der Waals surface area contributed by atoms with Crippen LogP contribution in [0.4, 0.5) is 0 Å². The van der Waals surface area contributed by atoms with E-state index in [4.69, 9.17) is 10.00 Å². The molecule has 1 amide bonds. The van der Waals surface area contributed by atoms with Gasteiger partial charge in [0.05, 0.1) is 19.2 Å². The quantitative estimate of drug-likeness (QED) is 0.759. The van der Waals surface area contributed by atoms with Crippen molar-refractivity contribution in [3.05, 3.63) is 0 Å². The van der Waals surface area contributed by atoms with Crippen molar-refractivity contribution in [1.82, 2.24) is 10.2 Å². The maximum absolute atomic E-state index is 11.7. The number of amides is 1. The minimum Gasteiger partial charge on any atom is -0.361 e. The van der Waals surface area contributed by atoms with Crippen molar-refractivity contribution in [2.24, 2.45) is 0 Å². The van der Waals surface area contributed by atoms with Crippen LogP contribution >= 0.6 is 0 Å². The Labute approximate surface area is 103 Å². The largest absolute Gasteiger partial charge is 0.361 e. The van der Waals surface area contributed by atoms with E-state index >= 15 is 0 Å². The summed E-state index contributed by atoms with van der Waals surface area (Å²) < 4.78 is 5.22. The lowest BCUT2D eigenvalue weighted by atomic mass is 10.2. The molecule has 0 aliphatic carbocycles. The Morgan fingerprint density at radius 1 is 1.71 bits per heavy atom. The third-order valence-corrected chi connectivity index (χ3v) is 2.79. The average molecular weight is 239 g/mol. The smallest absolute Gasteiger partial charge is 0.234 e. The van der Waals surface area contributed by atoms with Gasteiger partial charge in [-0.25, -0.2) is 0 Å². The molecule has 1 N–H and O–H groups in total. The van der Waals surface area contributed by atoms with E-state index in [2.05, 4.69) is 18.3 Å². The maximum Gasteiger partial charge on any atom is 0.234 e. The van der Waals surface area contributed by atoms with Crippen molar-refractivity contribution in [3.63, 3.8) is 0 Å². The molecular formula is C12H21N3O2. The monoisotopic (exact) mass is 239 g/mol. The minimum absolute atomic E-state index is 0.0320. The third kappa shape index (κ3) is 5.16. The normalized spacial score (nSPS) is 22.8. The molecule has 0 radical (unpaired) electrons. The van der Waals surface area contributed by atoms with Crippen LogP contribution in [0.25, 0.3) is 0 Å². The van der Waals surface area contributed by atoms with Gasteiger partial charge in [-0.15, -0.1) is 0 Å². The van der Waals surface area contributed by atoms with E-state index in [0.29, 0.717) is 26.2 Å². The number of morpholine rings is 1. The highest BCUT2D eigenvalue weighted by molar-refractivity contribution is 5.78.